The lowest BCUT2D eigenvalue weighted by Crippen LogP contribution is -2.23. The van der Waals surface area contributed by atoms with Crippen molar-refractivity contribution in [2.75, 3.05) is 23.3 Å². The minimum Gasteiger partial charge on any atom is -0.376 e. The second kappa shape index (κ2) is 4.49. The van der Waals surface area contributed by atoms with Crippen LogP contribution in [-0.4, -0.2) is 18.2 Å². The van der Waals surface area contributed by atoms with E-state index in [-0.39, 0.29) is 0 Å². The zero-order chi connectivity index (χ0) is 10.7. The van der Waals surface area contributed by atoms with E-state index in [0.29, 0.717) is 5.11 Å². The number of hydrogen-bond donors (Lipinski definition) is 2. The fraction of sp³-hybridized carbons (Fsp3) is 0.364. The minimum absolute atomic E-state index is 0.321. The van der Waals surface area contributed by atoms with Crippen molar-refractivity contribution in [1.29, 1.82) is 0 Å². The maximum Gasteiger partial charge on any atom is 0.168 e. The molecule has 0 aromatic heterocycles. The van der Waals surface area contributed by atoms with Gasteiger partial charge in [0.25, 0.3) is 0 Å². The Labute approximate surface area is 95.3 Å². The van der Waals surface area contributed by atoms with Gasteiger partial charge in [-0.3, -0.25) is 0 Å². The molecule has 1 aromatic carbocycles. The Hall–Kier alpha value is -1.29. The first-order chi connectivity index (χ1) is 7.27. The SMILES string of the molecule is NC(=S)Nc1ccccc1N1CCCC1. The van der Waals surface area contributed by atoms with Crippen LogP contribution in [0.1, 0.15) is 12.8 Å². The Balaban J connectivity index is 2.24. The average Bonchev–Trinajstić information content (AvgIpc) is 2.70. The Bertz CT molecular complexity index is 359. The summed E-state index contributed by atoms with van der Waals surface area (Å²) < 4.78 is 0. The number of thiocarbonyl (C=S) groups is 1. The molecule has 1 fully saturated rings. The Morgan fingerprint density at radius 1 is 1.27 bits per heavy atom. The summed E-state index contributed by atoms with van der Waals surface area (Å²) in [6.45, 7) is 2.24. The molecule has 1 aliphatic rings. The summed E-state index contributed by atoms with van der Waals surface area (Å²) in [5.74, 6) is 0. The molecule has 0 spiro atoms. The predicted molar refractivity (Wildman–Crippen MR) is 68.3 cm³/mol. The molecule has 0 atom stereocenters. The third kappa shape index (κ3) is 2.39. The van der Waals surface area contributed by atoms with Gasteiger partial charge in [0.15, 0.2) is 5.11 Å². The highest BCUT2D eigenvalue weighted by atomic mass is 32.1. The highest BCUT2D eigenvalue weighted by Crippen LogP contribution is 2.28. The fourth-order valence-electron chi connectivity index (χ4n) is 1.95. The van der Waals surface area contributed by atoms with Crippen LogP contribution in [0.3, 0.4) is 0 Å². The first-order valence-corrected chi connectivity index (χ1v) is 5.58. The van der Waals surface area contributed by atoms with Crippen molar-refractivity contribution >= 4 is 28.7 Å². The van der Waals surface area contributed by atoms with Gasteiger partial charge in [0, 0.05) is 13.1 Å². The van der Waals surface area contributed by atoms with Gasteiger partial charge in [-0.2, -0.15) is 0 Å². The first-order valence-electron chi connectivity index (χ1n) is 5.18. The van der Waals surface area contributed by atoms with E-state index in [1.165, 1.54) is 18.5 Å². The molecule has 0 amide bonds. The van der Waals surface area contributed by atoms with Gasteiger partial charge < -0.3 is 16.0 Å². The number of nitrogens with zero attached hydrogens (tertiary/aromatic N) is 1. The fourth-order valence-corrected chi connectivity index (χ4v) is 2.06. The van der Waals surface area contributed by atoms with Crippen LogP contribution in [0.15, 0.2) is 24.3 Å². The zero-order valence-electron chi connectivity index (χ0n) is 8.57. The second-order valence-corrected chi connectivity index (χ2v) is 4.14. The van der Waals surface area contributed by atoms with E-state index in [1.807, 2.05) is 18.2 Å². The number of anilines is 2. The highest BCUT2D eigenvalue weighted by Gasteiger charge is 2.15. The molecule has 1 heterocycles. The summed E-state index contributed by atoms with van der Waals surface area (Å²) in [5.41, 5.74) is 7.70. The van der Waals surface area contributed by atoms with Gasteiger partial charge in [0.05, 0.1) is 11.4 Å². The molecule has 0 saturated carbocycles. The maximum absolute atomic E-state index is 5.49. The smallest absolute Gasteiger partial charge is 0.168 e. The molecule has 2 rings (SSSR count). The average molecular weight is 221 g/mol. The standard InChI is InChI=1S/C11H15N3S/c12-11(15)13-9-5-1-2-6-10(9)14-7-3-4-8-14/h1-2,5-6H,3-4,7-8H2,(H3,12,13,15). The molecule has 3 N–H and O–H groups in total. The lowest BCUT2D eigenvalue weighted by atomic mass is 10.2. The van der Waals surface area contributed by atoms with Crippen LogP contribution >= 0.6 is 12.2 Å². The third-order valence-electron chi connectivity index (χ3n) is 2.61. The molecule has 15 heavy (non-hydrogen) atoms. The maximum atomic E-state index is 5.49. The van der Waals surface area contributed by atoms with Crippen molar-refractivity contribution in [2.45, 2.75) is 12.8 Å². The lowest BCUT2D eigenvalue weighted by molar-refractivity contribution is 0.949. The molecule has 1 aliphatic heterocycles. The van der Waals surface area contributed by atoms with Crippen LogP contribution in [0.25, 0.3) is 0 Å². The van der Waals surface area contributed by atoms with E-state index in [4.69, 9.17) is 18.0 Å². The molecule has 0 bridgehead atoms. The van der Waals surface area contributed by atoms with E-state index in [0.717, 1.165) is 18.8 Å². The van der Waals surface area contributed by atoms with Crippen molar-refractivity contribution < 1.29 is 0 Å². The number of hydrogen-bond acceptors (Lipinski definition) is 2. The minimum atomic E-state index is 0.321. The zero-order valence-corrected chi connectivity index (χ0v) is 9.39. The molecule has 0 unspecified atom stereocenters. The van der Waals surface area contributed by atoms with Crippen molar-refractivity contribution in [1.82, 2.24) is 0 Å². The summed E-state index contributed by atoms with van der Waals surface area (Å²) in [6, 6.07) is 8.14. The molecule has 80 valence electrons. The normalized spacial score (nSPS) is 15.3. The van der Waals surface area contributed by atoms with Crippen molar-refractivity contribution in [3.8, 4) is 0 Å². The number of nitrogens with two attached hydrogens (primary N) is 1. The van der Waals surface area contributed by atoms with E-state index in [1.54, 1.807) is 0 Å². The van der Waals surface area contributed by atoms with Crippen LogP contribution < -0.4 is 16.0 Å². The van der Waals surface area contributed by atoms with Gasteiger partial charge in [0.2, 0.25) is 0 Å². The van der Waals surface area contributed by atoms with Gasteiger partial charge in [-0.05, 0) is 37.2 Å². The number of nitrogens with one attached hydrogen (secondary N) is 1. The van der Waals surface area contributed by atoms with Gasteiger partial charge in [-0.15, -0.1) is 0 Å². The van der Waals surface area contributed by atoms with E-state index >= 15 is 0 Å². The van der Waals surface area contributed by atoms with Crippen LogP contribution in [-0.2, 0) is 0 Å². The molecule has 3 nitrogen and oxygen atoms in total. The highest BCUT2D eigenvalue weighted by molar-refractivity contribution is 7.80. The topological polar surface area (TPSA) is 41.3 Å². The van der Waals surface area contributed by atoms with Crippen LogP contribution in [0, 0.1) is 0 Å². The molecular weight excluding hydrogens is 206 g/mol. The molecular formula is C11H15N3S. The monoisotopic (exact) mass is 221 g/mol. The van der Waals surface area contributed by atoms with Crippen molar-refractivity contribution in [3.63, 3.8) is 0 Å². The lowest BCUT2D eigenvalue weighted by Gasteiger charge is -2.21. The first kappa shape index (κ1) is 10.2. The molecule has 1 saturated heterocycles. The Kier molecular flexibility index (Phi) is 3.06. The van der Waals surface area contributed by atoms with E-state index in [2.05, 4.69) is 16.3 Å². The largest absolute Gasteiger partial charge is 0.376 e. The van der Waals surface area contributed by atoms with Crippen LogP contribution in [0.2, 0.25) is 0 Å². The second-order valence-electron chi connectivity index (χ2n) is 3.70. The summed E-state index contributed by atoms with van der Waals surface area (Å²) in [7, 11) is 0. The molecule has 1 aromatic rings. The molecule has 0 radical (unpaired) electrons. The van der Waals surface area contributed by atoms with Crippen molar-refractivity contribution in [2.24, 2.45) is 5.73 Å². The number of para-hydroxylation sites is 2. The van der Waals surface area contributed by atoms with E-state index < -0.39 is 0 Å². The third-order valence-corrected chi connectivity index (χ3v) is 2.71. The van der Waals surface area contributed by atoms with Gasteiger partial charge in [-0.1, -0.05) is 12.1 Å². The number of rotatable bonds is 2. The van der Waals surface area contributed by atoms with Gasteiger partial charge in [-0.25, -0.2) is 0 Å². The van der Waals surface area contributed by atoms with Crippen LogP contribution in [0.4, 0.5) is 11.4 Å². The predicted octanol–water partition coefficient (Wildman–Crippen LogP) is 1.94. The summed E-state index contributed by atoms with van der Waals surface area (Å²) >= 11 is 4.86. The van der Waals surface area contributed by atoms with Crippen molar-refractivity contribution in [3.05, 3.63) is 24.3 Å². The number of benzene rings is 1. The quantitative estimate of drug-likeness (QED) is 0.749. The summed E-state index contributed by atoms with van der Waals surface area (Å²) in [4.78, 5) is 2.36. The summed E-state index contributed by atoms with van der Waals surface area (Å²) in [6.07, 6.45) is 2.53. The van der Waals surface area contributed by atoms with Gasteiger partial charge >= 0.3 is 0 Å². The Morgan fingerprint density at radius 2 is 1.93 bits per heavy atom. The van der Waals surface area contributed by atoms with E-state index in [9.17, 15) is 0 Å². The Morgan fingerprint density at radius 3 is 2.60 bits per heavy atom. The molecule has 4 heteroatoms. The summed E-state index contributed by atoms with van der Waals surface area (Å²) in [5, 5.41) is 3.34. The van der Waals surface area contributed by atoms with Gasteiger partial charge in [0.1, 0.15) is 0 Å². The molecule has 0 aliphatic carbocycles. The van der Waals surface area contributed by atoms with Crippen LogP contribution in [0.5, 0.6) is 0 Å².